The maximum Gasteiger partial charge on any atom is 0.238 e. The van der Waals surface area contributed by atoms with Crippen LogP contribution in [0.25, 0.3) is 0 Å². The van der Waals surface area contributed by atoms with Gasteiger partial charge in [-0.3, -0.25) is 9.69 Å². The van der Waals surface area contributed by atoms with Gasteiger partial charge in [0.1, 0.15) is 0 Å². The second-order valence-electron chi connectivity index (χ2n) is 6.17. The molecule has 3 aromatic rings. The highest BCUT2D eigenvalue weighted by Crippen LogP contribution is 2.19. The Bertz CT molecular complexity index is 774. The first-order valence-corrected chi connectivity index (χ1v) is 10.0. The molecule has 0 fully saturated rings. The van der Waals surface area contributed by atoms with Crippen molar-refractivity contribution in [1.29, 1.82) is 0 Å². The van der Waals surface area contributed by atoms with Crippen LogP contribution in [0, 0.1) is 13.8 Å². The van der Waals surface area contributed by atoms with E-state index in [9.17, 15) is 4.79 Å². The molecule has 0 atom stereocenters. The molecule has 0 spiro atoms. The maximum atomic E-state index is 12.6. The van der Waals surface area contributed by atoms with Crippen LogP contribution in [-0.4, -0.2) is 17.4 Å². The quantitative estimate of drug-likeness (QED) is 0.630. The van der Waals surface area contributed by atoms with Crippen LogP contribution in [-0.2, 0) is 17.9 Å². The van der Waals surface area contributed by atoms with Gasteiger partial charge in [0.25, 0.3) is 0 Å². The molecule has 130 valence electrons. The molecule has 3 nitrogen and oxygen atoms in total. The highest BCUT2D eigenvalue weighted by molar-refractivity contribution is 7.10. The number of aryl methyl sites for hydroxylation is 2. The van der Waals surface area contributed by atoms with Gasteiger partial charge >= 0.3 is 0 Å². The van der Waals surface area contributed by atoms with Crippen LogP contribution in [0.2, 0.25) is 0 Å². The van der Waals surface area contributed by atoms with E-state index in [0.717, 1.165) is 29.9 Å². The van der Waals surface area contributed by atoms with E-state index in [1.165, 1.54) is 9.75 Å². The first kappa shape index (κ1) is 17.9. The third-order valence-electron chi connectivity index (χ3n) is 3.95. The zero-order valence-corrected chi connectivity index (χ0v) is 16.1. The zero-order valence-electron chi connectivity index (χ0n) is 14.5. The van der Waals surface area contributed by atoms with Crippen LogP contribution in [0.3, 0.4) is 0 Å². The third-order valence-corrected chi connectivity index (χ3v) is 5.68. The van der Waals surface area contributed by atoms with E-state index in [1.807, 2.05) is 26.0 Å². The van der Waals surface area contributed by atoms with E-state index in [0.29, 0.717) is 6.54 Å². The Hall–Kier alpha value is -1.95. The molecule has 25 heavy (non-hydrogen) atoms. The fourth-order valence-electron chi connectivity index (χ4n) is 2.68. The van der Waals surface area contributed by atoms with Gasteiger partial charge in [0.05, 0.1) is 6.54 Å². The Morgan fingerprint density at radius 1 is 1.00 bits per heavy atom. The lowest BCUT2D eigenvalue weighted by molar-refractivity contribution is -0.117. The topological polar surface area (TPSA) is 32.3 Å². The number of hydrogen-bond donors (Lipinski definition) is 1. The van der Waals surface area contributed by atoms with Gasteiger partial charge in [0.2, 0.25) is 5.91 Å². The van der Waals surface area contributed by atoms with E-state index in [2.05, 4.69) is 51.3 Å². The molecule has 0 bridgehead atoms. The van der Waals surface area contributed by atoms with E-state index in [4.69, 9.17) is 0 Å². The number of nitrogens with one attached hydrogen (secondary N) is 1. The molecule has 1 aromatic carbocycles. The molecule has 0 saturated heterocycles. The van der Waals surface area contributed by atoms with Gasteiger partial charge in [-0.2, -0.15) is 0 Å². The van der Waals surface area contributed by atoms with E-state index in [-0.39, 0.29) is 5.91 Å². The summed E-state index contributed by atoms with van der Waals surface area (Å²) in [4.78, 5) is 17.3. The highest BCUT2D eigenvalue weighted by atomic mass is 32.1. The van der Waals surface area contributed by atoms with Crippen molar-refractivity contribution in [3.8, 4) is 0 Å². The second kappa shape index (κ2) is 8.43. The number of nitrogens with zero attached hydrogens (tertiary/aromatic N) is 1. The van der Waals surface area contributed by atoms with Crippen molar-refractivity contribution in [3.63, 3.8) is 0 Å². The van der Waals surface area contributed by atoms with Gasteiger partial charge in [-0.05, 0) is 53.9 Å². The summed E-state index contributed by atoms with van der Waals surface area (Å²) in [5, 5.41) is 7.22. The van der Waals surface area contributed by atoms with Crippen LogP contribution in [0.5, 0.6) is 0 Å². The fourth-order valence-corrected chi connectivity index (χ4v) is 4.17. The monoisotopic (exact) mass is 370 g/mol. The van der Waals surface area contributed by atoms with Crippen molar-refractivity contribution in [3.05, 3.63) is 74.1 Å². The number of anilines is 1. The number of carbonyl (C=O) groups excluding carboxylic acids is 1. The van der Waals surface area contributed by atoms with Crippen molar-refractivity contribution >= 4 is 34.3 Å². The SMILES string of the molecule is Cc1ccc(C)c(NC(=O)CN(Cc2cccs2)Cc2cccs2)c1. The predicted octanol–water partition coefficient (Wildman–Crippen LogP) is 5.07. The second-order valence-corrected chi connectivity index (χ2v) is 8.23. The van der Waals surface area contributed by atoms with Crippen LogP contribution in [0.4, 0.5) is 5.69 Å². The first-order valence-electron chi connectivity index (χ1n) is 8.24. The minimum absolute atomic E-state index is 0.0295. The lowest BCUT2D eigenvalue weighted by Crippen LogP contribution is -2.32. The number of thiophene rings is 2. The largest absolute Gasteiger partial charge is 0.325 e. The molecule has 2 heterocycles. The Labute approximate surface area is 156 Å². The minimum Gasteiger partial charge on any atom is -0.325 e. The normalized spacial score (nSPS) is 11.0. The summed E-state index contributed by atoms with van der Waals surface area (Å²) >= 11 is 3.46. The Morgan fingerprint density at radius 2 is 1.64 bits per heavy atom. The molecule has 5 heteroatoms. The summed E-state index contributed by atoms with van der Waals surface area (Å²) in [5.41, 5.74) is 3.13. The summed E-state index contributed by atoms with van der Waals surface area (Å²) in [6.07, 6.45) is 0. The molecule has 0 aliphatic heterocycles. The summed E-state index contributed by atoms with van der Waals surface area (Å²) < 4.78 is 0. The Morgan fingerprint density at radius 3 is 2.20 bits per heavy atom. The predicted molar refractivity (Wildman–Crippen MR) is 107 cm³/mol. The molecular formula is C20H22N2OS2. The average molecular weight is 371 g/mol. The number of carbonyl (C=O) groups is 1. The number of hydrogen-bond acceptors (Lipinski definition) is 4. The van der Waals surface area contributed by atoms with Crippen molar-refractivity contribution in [1.82, 2.24) is 4.90 Å². The van der Waals surface area contributed by atoms with Gasteiger partial charge < -0.3 is 5.32 Å². The smallest absolute Gasteiger partial charge is 0.238 e. The summed E-state index contributed by atoms with van der Waals surface area (Å²) in [5.74, 6) is 0.0295. The van der Waals surface area contributed by atoms with Crippen LogP contribution < -0.4 is 5.32 Å². The molecule has 0 aliphatic rings. The van der Waals surface area contributed by atoms with Gasteiger partial charge in [-0.25, -0.2) is 0 Å². The van der Waals surface area contributed by atoms with E-state index < -0.39 is 0 Å². The molecule has 2 aromatic heterocycles. The summed E-state index contributed by atoms with van der Waals surface area (Å²) in [6.45, 7) is 6.01. The summed E-state index contributed by atoms with van der Waals surface area (Å²) in [7, 11) is 0. The number of amides is 1. The van der Waals surface area contributed by atoms with Crippen molar-refractivity contribution in [2.45, 2.75) is 26.9 Å². The summed E-state index contributed by atoms with van der Waals surface area (Å²) in [6, 6.07) is 14.5. The third kappa shape index (κ3) is 5.26. The number of benzene rings is 1. The standard InChI is InChI=1S/C20H22N2OS2/c1-15-7-8-16(2)19(11-15)21-20(23)14-22(12-17-5-3-9-24-17)13-18-6-4-10-25-18/h3-11H,12-14H2,1-2H3,(H,21,23). The highest BCUT2D eigenvalue weighted by Gasteiger charge is 2.14. The number of rotatable bonds is 7. The molecule has 0 aliphatic carbocycles. The van der Waals surface area contributed by atoms with Crippen molar-refractivity contribution in [2.75, 3.05) is 11.9 Å². The van der Waals surface area contributed by atoms with Crippen LogP contribution in [0.15, 0.2) is 53.2 Å². The Balaban J connectivity index is 1.67. The van der Waals surface area contributed by atoms with Gasteiger partial charge in [-0.15, -0.1) is 22.7 Å². The lowest BCUT2D eigenvalue weighted by Gasteiger charge is -2.21. The minimum atomic E-state index is 0.0295. The van der Waals surface area contributed by atoms with Gasteiger partial charge in [0.15, 0.2) is 0 Å². The molecular weight excluding hydrogens is 348 g/mol. The van der Waals surface area contributed by atoms with E-state index in [1.54, 1.807) is 22.7 Å². The molecule has 1 N–H and O–H groups in total. The first-order chi connectivity index (χ1) is 12.1. The lowest BCUT2D eigenvalue weighted by atomic mass is 10.1. The molecule has 0 radical (unpaired) electrons. The zero-order chi connectivity index (χ0) is 17.6. The molecule has 1 amide bonds. The molecule has 0 unspecified atom stereocenters. The van der Waals surface area contributed by atoms with Crippen LogP contribution in [0.1, 0.15) is 20.9 Å². The average Bonchev–Trinajstić information content (AvgIpc) is 3.25. The molecule has 3 rings (SSSR count). The van der Waals surface area contributed by atoms with Crippen molar-refractivity contribution < 1.29 is 4.79 Å². The van der Waals surface area contributed by atoms with Gasteiger partial charge in [0, 0.05) is 28.5 Å². The Kier molecular flexibility index (Phi) is 6.02. The van der Waals surface area contributed by atoms with Crippen molar-refractivity contribution in [2.24, 2.45) is 0 Å². The fraction of sp³-hybridized carbons (Fsp3) is 0.250. The molecule has 0 saturated carbocycles. The maximum absolute atomic E-state index is 12.6. The van der Waals surface area contributed by atoms with E-state index >= 15 is 0 Å². The van der Waals surface area contributed by atoms with Gasteiger partial charge in [-0.1, -0.05) is 24.3 Å². The van der Waals surface area contributed by atoms with Crippen LogP contribution >= 0.6 is 22.7 Å².